The highest BCUT2D eigenvalue weighted by Crippen LogP contribution is 2.13. The lowest BCUT2D eigenvalue weighted by atomic mass is 10.1. The molecule has 0 saturated carbocycles. The Hall–Kier alpha value is -2.67. The highest BCUT2D eigenvalue weighted by molar-refractivity contribution is 7.90. The van der Waals surface area contributed by atoms with Crippen molar-refractivity contribution in [3.05, 3.63) is 60.2 Å². The summed E-state index contributed by atoms with van der Waals surface area (Å²) in [5.74, 6) is 0. The number of carbonyl (C=O) groups excluding carboxylic acids is 1. The number of rotatable bonds is 4. The molecule has 0 aliphatic heterocycles. The summed E-state index contributed by atoms with van der Waals surface area (Å²) < 4.78 is 22.7. The Balaban J connectivity index is 1.97. The Morgan fingerprint density at radius 1 is 1.00 bits per heavy atom. The Labute approximate surface area is 135 Å². The topological polar surface area (TPSA) is 87.6 Å². The summed E-state index contributed by atoms with van der Waals surface area (Å²) >= 11 is 0. The number of hydrogen-bond acceptors (Lipinski definition) is 4. The third-order valence-corrected chi connectivity index (χ3v) is 4.19. The first-order chi connectivity index (χ1) is 10.9. The SMILES string of the molecule is C/C(=N/NC(=O)Nc1ccc(S(C)(=O)=O)cc1)c1ccccc1. The van der Waals surface area contributed by atoms with E-state index >= 15 is 0 Å². The maximum Gasteiger partial charge on any atom is 0.339 e. The van der Waals surface area contributed by atoms with E-state index in [1.807, 2.05) is 30.3 Å². The van der Waals surface area contributed by atoms with Gasteiger partial charge in [0.25, 0.3) is 0 Å². The van der Waals surface area contributed by atoms with Crippen LogP contribution in [-0.2, 0) is 9.84 Å². The molecule has 0 aliphatic carbocycles. The predicted octanol–water partition coefficient (Wildman–Crippen LogP) is 2.64. The lowest BCUT2D eigenvalue weighted by Crippen LogP contribution is -2.25. The van der Waals surface area contributed by atoms with Crippen molar-refractivity contribution in [2.75, 3.05) is 11.6 Å². The first-order valence-electron chi connectivity index (χ1n) is 6.83. The summed E-state index contributed by atoms with van der Waals surface area (Å²) in [6.07, 6.45) is 1.13. The van der Waals surface area contributed by atoms with E-state index in [-0.39, 0.29) is 4.90 Å². The molecule has 0 aromatic heterocycles. The molecule has 2 aromatic carbocycles. The van der Waals surface area contributed by atoms with Gasteiger partial charge in [0.2, 0.25) is 0 Å². The van der Waals surface area contributed by atoms with Gasteiger partial charge >= 0.3 is 6.03 Å². The molecule has 0 spiro atoms. The number of nitrogens with one attached hydrogen (secondary N) is 2. The number of carbonyl (C=O) groups is 1. The van der Waals surface area contributed by atoms with E-state index in [1.54, 1.807) is 6.92 Å². The number of amides is 2. The first kappa shape index (κ1) is 16.7. The number of benzene rings is 2. The van der Waals surface area contributed by atoms with Crippen LogP contribution < -0.4 is 10.7 Å². The number of hydrazone groups is 1. The minimum absolute atomic E-state index is 0.196. The largest absolute Gasteiger partial charge is 0.339 e. The molecule has 23 heavy (non-hydrogen) atoms. The van der Waals surface area contributed by atoms with Crippen LogP contribution >= 0.6 is 0 Å². The minimum atomic E-state index is -3.25. The lowest BCUT2D eigenvalue weighted by molar-refractivity contribution is 0.252. The van der Waals surface area contributed by atoms with Gasteiger partial charge in [-0.05, 0) is 36.8 Å². The zero-order valence-electron chi connectivity index (χ0n) is 12.8. The highest BCUT2D eigenvalue weighted by Gasteiger charge is 2.07. The smallest absolute Gasteiger partial charge is 0.307 e. The van der Waals surface area contributed by atoms with Gasteiger partial charge in [-0.25, -0.2) is 18.6 Å². The van der Waals surface area contributed by atoms with E-state index in [0.717, 1.165) is 11.8 Å². The molecule has 2 N–H and O–H groups in total. The summed E-state index contributed by atoms with van der Waals surface area (Å²) in [5, 5.41) is 6.58. The molecule has 0 aliphatic rings. The predicted molar refractivity (Wildman–Crippen MR) is 90.4 cm³/mol. The van der Waals surface area contributed by atoms with Crippen molar-refractivity contribution in [2.24, 2.45) is 5.10 Å². The number of anilines is 1. The lowest BCUT2D eigenvalue weighted by Gasteiger charge is -2.06. The van der Waals surface area contributed by atoms with Crippen molar-refractivity contribution >= 4 is 27.3 Å². The number of sulfone groups is 1. The van der Waals surface area contributed by atoms with Gasteiger partial charge in [0.05, 0.1) is 10.6 Å². The molecule has 0 saturated heterocycles. The fraction of sp³-hybridized carbons (Fsp3) is 0.125. The Kier molecular flexibility index (Phi) is 5.13. The van der Waals surface area contributed by atoms with Gasteiger partial charge in [-0.1, -0.05) is 30.3 Å². The summed E-state index contributed by atoms with van der Waals surface area (Å²) in [5.41, 5.74) is 4.45. The molecule has 0 atom stereocenters. The summed E-state index contributed by atoms with van der Waals surface area (Å²) in [7, 11) is -3.25. The van der Waals surface area contributed by atoms with Gasteiger partial charge in [-0.3, -0.25) is 0 Å². The average Bonchev–Trinajstić information content (AvgIpc) is 2.53. The summed E-state index contributed by atoms with van der Waals surface area (Å²) in [6.45, 7) is 1.79. The highest BCUT2D eigenvalue weighted by atomic mass is 32.2. The Morgan fingerprint density at radius 3 is 2.17 bits per heavy atom. The van der Waals surface area contributed by atoms with Gasteiger partial charge in [-0.15, -0.1) is 0 Å². The van der Waals surface area contributed by atoms with E-state index in [0.29, 0.717) is 11.4 Å². The number of nitrogens with zero attached hydrogens (tertiary/aromatic N) is 1. The van der Waals surface area contributed by atoms with Crippen LogP contribution in [0.15, 0.2) is 64.6 Å². The molecule has 0 radical (unpaired) electrons. The van der Waals surface area contributed by atoms with Crippen molar-refractivity contribution in [3.63, 3.8) is 0 Å². The van der Waals surface area contributed by atoms with Crippen LogP contribution in [-0.4, -0.2) is 26.4 Å². The monoisotopic (exact) mass is 331 g/mol. The van der Waals surface area contributed by atoms with E-state index in [4.69, 9.17) is 0 Å². The van der Waals surface area contributed by atoms with E-state index in [9.17, 15) is 13.2 Å². The molecule has 2 amide bonds. The average molecular weight is 331 g/mol. The molecule has 6 nitrogen and oxygen atoms in total. The third-order valence-electron chi connectivity index (χ3n) is 3.06. The van der Waals surface area contributed by atoms with E-state index in [1.165, 1.54) is 24.3 Å². The van der Waals surface area contributed by atoms with Gasteiger partial charge < -0.3 is 5.32 Å². The Bertz CT molecular complexity index is 813. The van der Waals surface area contributed by atoms with Crippen LogP contribution in [0.1, 0.15) is 12.5 Å². The standard InChI is InChI=1S/C16H17N3O3S/c1-12(13-6-4-3-5-7-13)18-19-16(20)17-14-8-10-15(11-9-14)23(2,21)22/h3-11H,1-2H3,(H2,17,19,20)/b18-12-. The number of urea groups is 1. The zero-order valence-corrected chi connectivity index (χ0v) is 13.6. The molecule has 0 heterocycles. The Morgan fingerprint density at radius 2 is 1.61 bits per heavy atom. The molecule has 2 aromatic rings. The van der Waals surface area contributed by atoms with Crippen LogP contribution in [0.5, 0.6) is 0 Å². The molecular weight excluding hydrogens is 314 g/mol. The van der Waals surface area contributed by atoms with Crippen molar-refractivity contribution in [1.82, 2.24) is 5.43 Å². The second-order valence-electron chi connectivity index (χ2n) is 4.93. The van der Waals surface area contributed by atoms with Crippen LogP contribution in [0.2, 0.25) is 0 Å². The third kappa shape index (κ3) is 4.93. The van der Waals surface area contributed by atoms with Crippen molar-refractivity contribution in [3.8, 4) is 0 Å². The fourth-order valence-electron chi connectivity index (χ4n) is 1.82. The summed E-state index contributed by atoms with van der Waals surface area (Å²) in [4.78, 5) is 12.0. The van der Waals surface area contributed by atoms with Gasteiger partial charge in [0.1, 0.15) is 0 Å². The van der Waals surface area contributed by atoms with E-state index in [2.05, 4.69) is 15.8 Å². The van der Waals surface area contributed by atoms with Crippen LogP contribution in [0.25, 0.3) is 0 Å². The van der Waals surface area contributed by atoms with Gasteiger partial charge in [0, 0.05) is 11.9 Å². The molecule has 0 unspecified atom stereocenters. The van der Waals surface area contributed by atoms with E-state index < -0.39 is 15.9 Å². The quantitative estimate of drug-likeness (QED) is 0.667. The zero-order chi connectivity index (χ0) is 16.9. The van der Waals surface area contributed by atoms with Gasteiger partial charge in [0.15, 0.2) is 9.84 Å². The van der Waals surface area contributed by atoms with Crippen LogP contribution in [0, 0.1) is 0 Å². The normalized spacial score (nSPS) is 11.8. The molecule has 0 fully saturated rings. The second-order valence-corrected chi connectivity index (χ2v) is 6.94. The van der Waals surface area contributed by atoms with Crippen molar-refractivity contribution in [1.29, 1.82) is 0 Å². The molecule has 2 rings (SSSR count). The van der Waals surface area contributed by atoms with Crippen molar-refractivity contribution in [2.45, 2.75) is 11.8 Å². The molecule has 7 heteroatoms. The fourth-order valence-corrected chi connectivity index (χ4v) is 2.45. The maximum absolute atomic E-state index is 11.8. The molecule has 120 valence electrons. The van der Waals surface area contributed by atoms with Crippen LogP contribution in [0.3, 0.4) is 0 Å². The summed E-state index contributed by atoms with van der Waals surface area (Å²) in [6, 6.07) is 14.9. The van der Waals surface area contributed by atoms with Crippen molar-refractivity contribution < 1.29 is 13.2 Å². The second kappa shape index (κ2) is 7.06. The molecular formula is C16H17N3O3S. The first-order valence-corrected chi connectivity index (χ1v) is 8.72. The number of hydrogen-bond donors (Lipinski definition) is 2. The molecule has 0 bridgehead atoms. The van der Waals surface area contributed by atoms with Gasteiger partial charge in [-0.2, -0.15) is 5.10 Å². The van der Waals surface area contributed by atoms with Crippen LogP contribution in [0.4, 0.5) is 10.5 Å². The maximum atomic E-state index is 11.8. The minimum Gasteiger partial charge on any atom is -0.307 e.